The van der Waals surface area contributed by atoms with Gasteiger partial charge in [0.2, 0.25) is 6.79 Å². The van der Waals surface area contributed by atoms with Crippen LogP contribution >= 0.6 is 11.3 Å². The van der Waals surface area contributed by atoms with Crippen LogP contribution in [0.1, 0.15) is 16.1 Å². The first-order valence-electron chi connectivity index (χ1n) is 8.00. The number of para-hydroxylation sites is 1. The lowest BCUT2D eigenvalue weighted by Gasteiger charge is -2.05. The van der Waals surface area contributed by atoms with E-state index in [-0.39, 0.29) is 12.7 Å². The fourth-order valence-electron chi connectivity index (χ4n) is 2.65. The van der Waals surface area contributed by atoms with Crippen molar-refractivity contribution in [3.63, 3.8) is 0 Å². The lowest BCUT2D eigenvalue weighted by atomic mass is 10.2. The van der Waals surface area contributed by atoms with Crippen molar-refractivity contribution in [3.8, 4) is 27.8 Å². The maximum Gasteiger partial charge on any atom is 0.271 e. The zero-order chi connectivity index (χ0) is 17.9. The van der Waals surface area contributed by atoms with Crippen molar-refractivity contribution >= 4 is 17.2 Å². The van der Waals surface area contributed by atoms with Gasteiger partial charge >= 0.3 is 0 Å². The number of hydrogen-bond acceptors (Lipinski definition) is 6. The molecule has 26 heavy (non-hydrogen) atoms. The summed E-state index contributed by atoms with van der Waals surface area (Å²) >= 11 is 1.41. The van der Waals surface area contributed by atoms with Crippen LogP contribution in [0.2, 0.25) is 0 Å². The number of fused-ring (bicyclic) bond motifs is 1. The number of nitrogens with zero attached hydrogens (tertiary/aromatic N) is 1. The zero-order valence-electron chi connectivity index (χ0n) is 14.0. The number of hydrogen-bond donors (Lipinski definition) is 1. The van der Waals surface area contributed by atoms with Crippen molar-refractivity contribution in [3.05, 3.63) is 59.1 Å². The summed E-state index contributed by atoms with van der Waals surface area (Å²) in [5.74, 6) is 1.93. The van der Waals surface area contributed by atoms with Gasteiger partial charge in [0.15, 0.2) is 11.5 Å². The minimum absolute atomic E-state index is 0.222. The number of rotatable bonds is 5. The van der Waals surface area contributed by atoms with E-state index in [4.69, 9.17) is 14.2 Å². The monoisotopic (exact) mass is 368 g/mol. The summed E-state index contributed by atoms with van der Waals surface area (Å²) in [4.78, 5) is 16.8. The van der Waals surface area contributed by atoms with Crippen LogP contribution in [0.15, 0.2) is 47.8 Å². The van der Waals surface area contributed by atoms with Crippen LogP contribution < -0.4 is 19.5 Å². The van der Waals surface area contributed by atoms with Crippen LogP contribution in [0, 0.1) is 0 Å². The van der Waals surface area contributed by atoms with Gasteiger partial charge in [-0.2, -0.15) is 0 Å². The summed E-state index contributed by atoms with van der Waals surface area (Å²) in [7, 11) is 1.62. The zero-order valence-corrected chi connectivity index (χ0v) is 14.8. The molecule has 7 heteroatoms. The number of benzene rings is 2. The summed E-state index contributed by atoms with van der Waals surface area (Å²) in [5, 5.41) is 5.37. The van der Waals surface area contributed by atoms with E-state index in [1.807, 2.05) is 42.5 Å². The van der Waals surface area contributed by atoms with Gasteiger partial charge in [0.05, 0.1) is 12.7 Å². The van der Waals surface area contributed by atoms with E-state index >= 15 is 0 Å². The topological polar surface area (TPSA) is 69.7 Å². The number of ether oxygens (including phenoxy) is 3. The van der Waals surface area contributed by atoms with Gasteiger partial charge in [-0.3, -0.25) is 4.79 Å². The standard InChI is InChI=1S/C19H16N2O4S/c1-23-15-5-3-2-4-13(15)19-21-14(10-26-19)18(22)20-9-12-6-7-16-17(8-12)25-11-24-16/h2-8,10H,9,11H2,1H3,(H,20,22). The van der Waals surface area contributed by atoms with E-state index < -0.39 is 0 Å². The van der Waals surface area contributed by atoms with Crippen molar-refractivity contribution in [2.45, 2.75) is 6.54 Å². The Morgan fingerprint density at radius 3 is 2.96 bits per heavy atom. The average molecular weight is 368 g/mol. The second-order valence-electron chi connectivity index (χ2n) is 5.61. The number of carbonyl (C=O) groups is 1. The number of methoxy groups -OCH3 is 1. The number of nitrogens with one attached hydrogen (secondary N) is 1. The molecule has 4 rings (SSSR count). The molecule has 2 heterocycles. The summed E-state index contributed by atoms with van der Waals surface area (Å²) in [5.41, 5.74) is 2.19. The molecular formula is C19H16N2O4S. The van der Waals surface area contributed by atoms with Crippen LogP contribution in [-0.4, -0.2) is 24.8 Å². The molecule has 0 fully saturated rings. The van der Waals surface area contributed by atoms with Gasteiger partial charge in [0.1, 0.15) is 16.5 Å². The Hall–Kier alpha value is -3.06. The normalized spacial score (nSPS) is 12.0. The molecule has 1 N–H and O–H groups in total. The van der Waals surface area contributed by atoms with E-state index in [0.717, 1.165) is 27.6 Å². The highest BCUT2D eigenvalue weighted by molar-refractivity contribution is 7.13. The second kappa shape index (κ2) is 7.05. The minimum Gasteiger partial charge on any atom is -0.496 e. The highest BCUT2D eigenvalue weighted by Crippen LogP contribution is 2.33. The largest absolute Gasteiger partial charge is 0.496 e. The van der Waals surface area contributed by atoms with Crippen molar-refractivity contribution in [1.29, 1.82) is 0 Å². The highest BCUT2D eigenvalue weighted by atomic mass is 32.1. The Morgan fingerprint density at radius 1 is 1.23 bits per heavy atom. The predicted octanol–water partition coefficient (Wildman–Crippen LogP) is 3.48. The van der Waals surface area contributed by atoms with Gasteiger partial charge in [-0.15, -0.1) is 11.3 Å². The van der Waals surface area contributed by atoms with E-state index in [0.29, 0.717) is 18.0 Å². The molecule has 0 spiro atoms. The van der Waals surface area contributed by atoms with E-state index in [9.17, 15) is 4.79 Å². The minimum atomic E-state index is -0.222. The van der Waals surface area contributed by atoms with Crippen molar-refractivity contribution in [2.24, 2.45) is 0 Å². The molecule has 0 bridgehead atoms. The van der Waals surface area contributed by atoms with Gasteiger partial charge in [-0.05, 0) is 29.8 Å². The summed E-state index contributed by atoms with van der Waals surface area (Å²) in [6.45, 7) is 0.618. The van der Waals surface area contributed by atoms with Crippen molar-refractivity contribution < 1.29 is 19.0 Å². The van der Waals surface area contributed by atoms with Crippen LogP contribution in [0.4, 0.5) is 0 Å². The Bertz CT molecular complexity index is 954. The maximum absolute atomic E-state index is 12.4. The Labute approximate surface area is 154 Å². The molecule has 1 aromatic heterocycles. The highest BCUT2D eigenvalue weighted by Gasteiger charge is 2.16. The fourth-order valence-corrected chi connectivity index (χ4v) is 3.48. The molecule has 132 valence electrons. The Kier molecular flexibility index (Phi) is 4.45. The summed E-state index contributed by atoms with van der Waals surface area (Å²) < 4.78 is 16.0. The van der Waals surface area contributed by atoms with Gasteiger partial charge in [-0.25, -0.2) is 4.98 Å². The Morgan fingerprint density at radius 2 is 2.08 bits per heavy atom. The van der Waals surface area contributed by atoms with Crippen molar-refractivity contribution in [2.75, 3.05) is 13.9 Å². The molecule has 0 radical (unpaired) electrons. The second-order valence-corrected chi connectivity index (χ2v) is 6.47. The van der Waals surface area contributed by atoms with Gasteiger partial charge in [-0.1, -0.05) is 18.2 Å². The number of carbonyl (C=O) groups excluding carboxylic acids is 1. The first kappa shape index (κ1) is 16.4. The summed E-state index contributed by atoms with van der Waals surface area (Å²) in [6.07, 6.45) is 0. The summed E-state index contributed by atoms with van der Waals surface area (Å²) in [6, 6.07) is 13.2. The predicted molar refractivity (Wildman–Crippen MR) is 97.8 cm³/mol. The average Bonchev–Trinajstić information content (AvgIpc) is 3.35. The molecule has 6 nitrogen and oxygen atoms in total. The van der Waals surface area contributed by atoms with Crippen LogP contribution in [0.25, 0.3) is 10.6 Å². The van der Waals surface area contributed by atoms with E-state index in [1.54, 1.807) is 12.5 Å². The molecule has 3 aromatic rings. The number of thiazole rings is 1. The van der Waals surface area contributed by atoms with Gasteiger partial charge < -0.3 is 19.5 Å². The van der Waals surface area contributed by atoms with E-state index in [2.05, 4.69) is 10.3 Å². The molecule has 2 aromatic carbocycles. The molecule has 0 unspecified atom stereocenters. The first-order valence-corrected chi connectivity index (χ1v) is 8.88. The van der Waals surface area contributed by atoms with Crippen LogP contribution in [-0.2, 0) is 6.54 Å². The molecule has 0 atom stereocenters. The molecular weight excluding hydrogens is 352 g/mol. The third-order valence-electron chi connectivity index (χ3n) is 3.96. The molecule has 1 aliphatic heterocycles. The molecule has 1 amide bonds. The quantitative estimate of drug-likeness (QED) is 0.747. The molecule has 1 aliphatic rings. The lowest BCUT2D eigenvalue weighted by Crippen LogP contribution is -2.23. The van der Waals surface area contributed by atoms with Crippen LogP contribution in [0.3, 0.4) is 0 Å². The van der Waals surface area contributed by atoms with Crippen LogP contribution in [0.5, 0.6) is 17.2 Å². The number of amides is 1. The van der Waals surface area contributed by atoms with E-state index in [1.165, 1.54) is 11.3 Å². The first-order chi connectivity index (χ1) is 12.7. The lowest BCUT2D eigenvalue weighted by molar-refractivity contribution is 0.0946. The number of aromatic nitrogens is 1. The third-order valence-corrected chi connectivity index (χ3v) is 4.84. The molecule has 0 saturated heterocycles. The molecule has 0 saturated carbocycles. The molecule has 0 aliphatic carbocycles. The van der Waals surface area contributed by atoms with Gasteiger partial charge in [0.25, 0.3) is 5.91 Å². The SMILES string of the molecule is COc1ccccc1-c1nc(C(=O)NCc2ccc3c(c2)OCO3)cs1. The third kappa shape index (κ3) is 3.21. The fraction of sp³-hybridized carbons (Fsp3) is 0.158. The Balaban J connectivity index is 1.45. The van der Waals surface area contributed by atoms with Crippen molar-refractivity contribution in [1.82, 2.24) is 10.3 Å². The maximum atomic E-state index is 12.4. The van der Waals surface area contributed by atoms with Gasteiger partial charge in [0, 0.05) is 11.9 Å². The smallest absolute Gasteiger partial charge is 0.271 e.